The average molecular weight is 219 g/mol. The summed E-state index contributed by atoms with van der Waals surface area (Å²) in [7, 11) is 0. The van der Waals surface area contributed by atoms with Gasteiger partial charge in [-0.3, -0.25) is 0 Å². The Bertz CT molecular complexity index is 513. The van der Waals surface area contributed by atoms with Crippen molar-refractivity contribution in [3.05, 3.63) is 12.1 Å². The minimum atomic E-state index is -0.0583. The van der Waals surface area contributed by atoms with E-state index in [4.69, 9.17) is 5.73 Å². The normalized spacial score (nSPS) is 18.8. The number of nitrogens with zero attached hydrogens (tertiary/aromatic N) is 6. The summed E-state index contributed by atoms with van der Waals surface area (Å²) in [6.07, 6.45) is 0.983. The average Bonchev–Trinajstić information content (AvgIpc) is 2.71. The van der Waals surface area contributed by atoms with E-state index in [0.717, 1.165) is 25.3 Å². The van der Waals surface area contributed by atoms with Gasteiger partial charge >= 0.3 is 0 Å². The van der Waals surface area contributed by atoms with Crippen LogP contribution < -0.4 is 10.6 Å². The molecule has 84 valence electrons. The van der Waals surface area contributed by atoms with Crippen LogP contribution in [0.15, 0.2) is 12.1 Å². The van der Waals surface area contributed by atoms with Gasteiger partial charge in [0.2, 0.25) is 0 Å². The second kappa shape index (κ2) is 3.11. The van der Waals surface area contributed by atoms with Gasteiger partial charge in [0.1, 0.15) is 0 Å². The van der Waals surface area contributed by atoms with Crippen LogP contribution in [-0.4, -0.2) is 43.9 Å². The predicted octanol–water partition coefficient (Wildman–Crippen LogP) is -0.553. The molecule has 0 aromatic carbocycles. The molecule has 0 aliphatic carbocycles. The number of aromatic nitrogens is 5. The van der Waals surface area contributed by atoms with Crippen LogP contribution in [0.4, 0.5) is 5.82 Å². The largest absolute Gasteiger partial charge is 0.351 e. The molecule has 0 saturated carbocycles. The summed E-state index contributed by atoms with van der Waals surface area (Å²) in [6.45, 7) is 3.78. The van der Waals surface area contributed by atoms with Gasteiger partial charge in [-0.15, -0.1) is 14.8 Å². The van der Waals surface area contributed by atoms with Gasteiger partial charge in [0.25, 0.3) is 0 Å². The maximum Gasteiger partial charge on any atom is 0.200 e. The maximum absolute atomic E-state index is 6.11. The third-order valence-corrected chi connectivity index (χ3v) is 3.10. The smallest absolute Gasteiger partial charge is 0.200 e. The number of hydrogen-bond acceptors (Lipinski definition) is 6. The molecule has 0 bridgehead atoms. The molecule has 1 aliphatic heterocycles. The molecule has 1 fully saturated rings. The second-order valence-electron chi connectivity index (χ2n) is 4.29. The van der Waals surface area contributed by atoms with Crippen LogP contribution in [0.3, 0.4) is 0 Å². The molecule has 3 heterocycles. The van der Waals surface area contributed by atoms with Gasteiger partial charge in [0.05, 0.1) is 5.54 Å². The van der Waals surface area contributed by atoms with Crippen molar-refractivity contribution in [2.45, 2.75) is 18.9 Å². The minimum Gasteiger partial charge on any atom is -0.351 e. The molecule has 1 saturated heterocycles. The van der Waals surface area contributed by atoms with E-state index in [1.807, 2.05) is 12.1 Å². The van der Waals surface area contributed by atoms with E-state index in [2.05, 4.69) is 32.4 Å². The lowest BCUT2D eigenvalue weighted by molar-refractivity contribution is 0.319. The van der Waals surface area contributed by atoms with Crippen molar-refractivity contribution in [2.75, 3.05) is 18.0 Å². The molecule has 2 aromatic rings. The highest BCUT2D eigenvalue weighted by Gasteiger charge is 2.38. The van der Waals surface area contributed by atoms with E-state index in [9.17, 15) is 0 Å². The van der Waals surface area contributed by atoms with Crippen LogP contribution in [0.2, 0.25) is 0 Å². The lowest BCUT2D eigenvalue weighted by Gasteiger charge is -2.47. The number of anilines is 1. The monoisotopic (exact) mass is 219 g/mol. The van der Waals surface area contributed by atoms with Gasteiger partial charge in [0, 0.05) is 13.1 Å². The molecule has 7 heteroatoms. The Morgan fingerprint density at radius 2 is 2.25 bits per heavy atom. The Labute approximate surface area is 92.2 Å². The SMILES string of the molecule is CCC1(N)CN(c2ccc3nnnn3n2)C1. The highest BCUT2D eigenvalue weighted by atomic mass is 15.6. The Balaban J connectivity index is 1.85. The van der Waals surface area contributed by atoms with Gasteiger partial charge < -0.3 is 10.6 Å². The standard InChI is InChI=1S/C9H13N7/c1-2-9(10)5-15(6-9)8-4-3-7-11-13-14-16(7)12-8/h3-4H,2,5-6,10H2,1H3. The fourth-order valence-electron chi connectivity index (χ4n) is 1.91. The summed E-state index contributed by atoms with van der Waals surface area (Å²) in [5, 5.41) is 15.4. The first-order valence-electron chi connectivity index (χ1n) is 5.29. The van der Waals surface area contributed by atoms with Crippen molar-refractivity contribution in [3.8, 4) is 0 Å². The first kappa shape index (κ1) is 9.46. The third-order valence-electron chi connectivity index (χ3n) is 3.10. The molecule has 2 N–H and O–H groups in total. The van der Waals surface area contributed by atoms with E-state index < -0.39 is 0 Å². The zero-order chi connectivity index (χ0) is 11.2. The van der Waals surface area contributed by atoms with Crippen molar-refractivity contribution < 1.29 is 0 Å². The first-order valence-corrected chi connectivity index (χ1v) is 5.29. The van der Waals surface area contributed by atoms with Gasteiger partial charge in [-0.05, 0) is 29.0 Å². The zero-order valence-electron chi connectivity index (χ0n) is 9.04. The van der Waals surface area contributed by atoms with Gasteiger partial charge in [-0.2, -0.15) is 0 Å². The molecule has 16 heavy (non-hydrogen) atoms. The van der Waals surface area contributed by atoms with E-state index in [1.54, 1.807) is 0 Å². The van der Waals surface area contributed by atoms with E-state index >= 15 is 0 Å². The van der Waals surface area contributed by atoms with Gasteiger partial charge in [0.15, 0.2) is 11.5 Å². The van der Waals surface area contributed by atoms with Crippen LogP contribution in [0.25, 0.3) is 5.65 Å². The lowest BCUT2D eigenvalue weighted by Crippen LogP contribution is -2.67. The third kappa shape index (κ3) is 1.32. The van der Waals surface area contributed by atoms with Crippen molar-refractivity contribution >= 4 is 11.5 Å². The summed E-state index contributed by atoms with van der Waals surface area (Å²) < 4.78 is 1.43. The van der Waals surface area contributed by atoms with Gasteiger partial charge in [-0.1, -0.05) is 6.92 Å². The maximum atomic E-state index is 6.11. The summed E-state index contributed by atoms with van der Waals surface area (Å²) in [5.41, 5.74) is 6.70. The van der Waals surface area contributed by atoms with Crippen molar-refractivity contribution in [1.82, 2.24) is 25.3 Å². The fourth-order valence-corrected chi connectivity index (χ4v) is 1.91. The highest BCUT2D eigenvalue weighted by Crippen LogP contribution is 2.26. The molecule has 0 radical (unpaired) electrons. The topological polar surface area (TPSA) is 85.2 Å². The number of tetrazole rings is 1. The summed E-state index contributed by atoms with van der Waals surface area (Å²) in [5.74, 6) is 0.870. The molecule has 0 unspecified atom stereocenters. The summed E-state index contributed by atoms with van der Waals surface area (Å²) >= 11 is 0. The summed E-state index contributed by atoms with van der Waals surface area (Å²) in [4.78, 5) is 2.13. The highest BCUT2D eigenvalue weighted by molar-refractivity contribution is 5.47. The number of nitrogens with two attached hydrogens (primary N) is 1. The molecule has 2 aromatic heterocycles. The minimum absolute atomic E-state index is 0.0583. The molecule has 0 spiro atoms. The Morgan fingerprint density at radius 3 is 3.00 bits per heavy atom. The molecule has 1 aliphatic rings. The van der Waals surface area contributed by atoms with Crippen molar-refractivity contribution in [1.29, 1.82) is 0 Å². The van der Waals surface area contributed by atoms with Crippen LogP contribution in [0, 0.1) is 0 Å². The Kier molecular flexibility index (Phi) is 1.84. The number of rotatable bonds is 2. The van der Waals surface area contributed by atoms with Crippen molar-refractivity contribution in [3.63, 3.8) is 0 Å². The van der Waals surface area contributed by atoms with Gasteiger partial charge in [-0.25, -0.2) is 0 Å². The zero-order valence-corrected chi connectivity index (χ0v) is 9.04. The fraction of sp³-hybridized carbons (Fsp3) is 0.556. The number of hydrogen-bond donors (Lipinski definition) is 1. The molecule has 7 nitrogen and oxygen atoms in total. The Hall–Kier alpha value is -1.76. The number of fused-ring (bicyclic) bond motifs is 1. The predicted molar refractivity (Wildman–Crippen MR) is 58.0 cm³/mol. The molecule has 0 amide bonds. The second-order valence-corrected chi connectivity index (χ2v) is 4.29. The molecular weight excluding hydrogens is 206 g/mol. The quantitative estimate of drug-likeness (QED) is 0.729. The summed E-state index contributed by atoms with van der Waals surface area (Å²) in [6, 6.07) is 3.77. The molecule has 3 rings (SSSR count). The molecule has 0 atom stereocenters. The van der Waals surface area contributed by atoms with Crippen LogP contribution in [0.1, 0.15) is 13.3 Å². The van der Waals surface area contributed by atoms with Crippen molar-refractivity contribution in [2.24, 2.45) is 5.73 Å². The Morgan fingerprint density at radius 1 is 1.44 bits per heavy atom. The lowest BCUT2D eigenvalue weighted by atomic mass is 9.88. The van der Waals surface area contributed by atoms with Crippen LogP contribution >= 0.6 is 0 Å². The van der Waals surface area contributed by atoms with Crippen LogP contribution in [0.5, 0.6) is 0 Å². The van der Waals surface area contributed by atoms with E-state index in [1.165, 1.54) is 4.63 Å². The van der Waals surface area contributed by atoms with Crippen LogP contribution in [-0.2, 0) is 0 Å². The van der Waals surface area contributed by atoms with E-state index in [0.29, 0.717) is 5.65 Å². The first-order chi connectivity index (χ1) is 7.70. The molecular formula is C9H13N7. The van der Waals surface area contributed by atoms with E-state index in [-0.39, 0.29) is 5.54 Å².